The number of hydrogen-bond donors (Lipinski definition) is 1. The molecule has 92 valence electrons. The van der Waals surface area contributed by atoms with Crippen molar-refractivity contribution < 1.29 is 14.3 Å². The summed E-state index contributed by atoms with van der Waals surface area (Å²) in [5.74, 6) is 0.765. The molecule has 6 nitrogen and oxygen atoms in total. The highest BCUT2D eigenvalue weighted by Gasteiger charge is 2.22. The zero-order valence-electron chi connectivity index (χ0n) is 9.47. The zero-order chi connectivity index (χ0) is 12.5. The average molecular weight is 263 g/mol. The first-order chi connectivity index (χ1) is 8.74. The number of carbonyl (C=O) groups is 1. The van der Waals surface area contributed by atoms with Crippen LogP contribution in [-0.2, 0) is 0 Å². The van der Waals surface area contributed by atoms with Gasteiger partial charge >= 0.3 is 0 Å². The summed E-state index contributed by atoms with van der Waals surface area (Å²) in [6.07, 6.45) is 0. The van der Waals surface area contributed by atoms with Crippen LogP contribution in [0, 0.1) is 6.92 Å². The van der Waals surface area contributed by atoms with Crippen LogP contribution in [0.1, 0.15) is 15.4 Å². The SMILES string of the molecule is Cc1nnc(NC(=O)c2cccc3c2OCO3)s1. The van der Waals surface area contributed by atoms with Gasteiger partial charge in [0.15, 0.2) is 11.5 Å². The molecule has 1 amide bonds. The highest BCUT2D eigenvalue weighted by Crippen LogP contribution is 2.35. The minimum Gasteiger partial charge on any atom is -0.454 e. The summed E-state index contributed by atoms with van der Waals surface area (Å²) < 4.78 is 10.5. The van der Waals surface area contributed by atoms with E-state index < -0.39 is 0 Å². The number of amides is 1. The second kappa shape index (κ2) is 4.26. The van der Waals surface area contributed by atoms with Crippen molar-refractivity contribution in [2.45, 2.75) is 6.92 Å². The fourth-order valence-electron chi connectivity index (χ4n) is 1.62. The number of benzene rings is 1. The lowest BCUT2D eigenvalue weighted by Crippen LogP contribution is -2.12. The average Bonchev–Trinajstić information content (AvgIpc) is 2.97. The van der Waals surface area contributed by atoms with E-state index in [4.69, 9.17) is 9.47 Å². The van der Waals surface area contributed by atoms with Crippen LogP contribution in [0.2, 0.25) is 0 Å². The maximum atomic E-state index is 12.1. The molecule has 0 spiro atoms. The molecule has 0 saturated heterocycles. The lowest BCUT2D eigenvalue weighted by atomic mass is 10.2. The lowest BCUT2D eigenvalue weighted by Gasteiger charge is -2.04. The topological polar surface area (TPSA) is 73.3 Å². The highest BCUT2D eigenvalue weighted by atomic mass is 32.1. The van der Waals surface area contributed by atoms with Crippen molar-refractivity contribution >= 4 is 22.4 Å². The first-order valence-electron chi connectivity index (χ1n) is 5.24. The molecule has 0 bridgehead atoms. The maximum Gasteiger partial charge on any atom is 0.261 e. The summed E-state index contributed by atoms with van der Waals surface area (Å²) >= 11 is 1.32. The predicted octanol–water partition coefficient (Wildman–Crippen LogP) is 1.83. The number of aromatic nitrogens is 2. The number of nitrogens with one attached hydrogen (secondary N) is 1. The molecule has 2 heterocycles. The Morgan fingerprint density at radius 2 is 2.28 bits per heavy atom. The molecule has 7 heteroatoms. The Bertz CT molecular complexity index is 611. The lowest BCUT2D eigenvalue weighted by molar-refractivity contribution is 0.102. The van der Waals surface area contributed by atoms with Crippen LogP contribution in [-0.4, -0.2) is 22.9 Å². The van der Waals surface area contributed by atoms with Gasteiger partial charge < -0.3 is 9.47 Å². The maximum absolute atomic E-state index is 12.1. The highest BCUT2D eigenvalue weighted by molar-refractivity contribution is 7.15. The van der Waals surface area contributed by atoms with Gasteiger partial charge in [0.1, 0.15) is 5.01 Å². The number of carbonyl (C=O) groups excluding carboxylic acids is 1. The molecule has 3 rings (SSSR count). The van der Waals surface area contributed by atoms with Crippen LogP contribution in [0.5, 0.6) is 11.5 Å². The molecule has 0 radical (unpaired) electrons. The van der Waals surface area contributed by atoms with Crippen molar-refractivity contribution in [3.05, 3.63) is 28.8 Å². The van der Waals surface area contributed by atoms with E-state index in [-0.39, 0.29) is 12.7 Å². The molecular formula is C11H9N3O3S. The van der Waals surface area contributed by atoms with Crippen LogP contribution < -0.4 is 14.8 Å². The van der Waals surface area contributed by atoms with Crippen molar-refractivity contribution in [2.75, 3.05) is 12.1 Å². The van der Waals surface area contributed by atoms with Crippen LogP contribution >= 0.6 is 11.3 Å². The molecule has 1 N–H and O–H groups in total. The number of ether oxygens (including phenoxy) is 2. The van der Waals surface area contributed by atoms with E-state index in [1.165, 1.54) is 11.3 Å². The van der Waals surface area contributed by atoms with E-state index in [0.29, 0.717) is 22.2 Å². The molecule has 1 aromatic heterocycles. The quantitative estimate of drug-likeness (QED) is 0.894. The van der Waals surface area contributed by atoms with Gasteiger partial charge in [0.25, 0.3) is 5.91 Å². The van der Waals surface area contributed by atoms with Gasteiger partial charge in [-0.1, -0.05) is 17.4 Å². The minimum absolute atomic E-state index is 0.136. The Balaban J connectivity index is 1.87. The van der Waals surface area contributed by atoms with Gasteiger partial charge in [0, 0.05) is 0 Å². The Labute approximate surface area is 107 Å². The summed E-state index contributed by atoms with van der Waals surface area (Å²) in [6.45, 7) is 1.96. The van der Waals surface area contributed by atoms with Crippen molar-refractivity contribution in [3.63, 3.8) is 0 Å². The summed E-state index contributed by atoms with van der Waals surface area (Å²) in [7, 11) is 0. The number of anilines is 1. The predicted molar refractivity (Wildman–Crippen MR) is 65.2 cm³/mol. The number of rotatable bonds is 2. The largest absolute Gasteiger partial charge is 0.454 e. The van der Waals surface area contributed by atoms with Gasteiger partial charge in [0.05, 0.1) is 5.56 Å². The second-order valence-corrected chi connectivity index (χ2v) is 4.80. The van der Waals surface area contributed by atoms with E-state index in [1.54, 1.807) is 18.2 Å². The monoisotopic (exact) mass is 263 g/mol. The molecule has 1 aromatic carbocycles. The summed E-state index contributed by atoms with van der Waals surface area (Å²) in [6, 6.07) is 5.18. The normalized spacial score (nSPS) is 12.5. The Kier molecular flexibility index (Phi) is 2.60. The molecule has 2 aromatic rings. The van der Waals surface area contributed by atoms with Crippen LogP contribution in [0.25, 0.3) is 0 Å². The number of nitrogens with zero attached hydrogens (tertiary/aromatic N) is 2. The molecular weight excluding hydrogens is 254 g/mol. The molecule has 0 atom stereocenters. The number of para-hydroxylation sites is 1. The Hall–Kier alpha value is -2.15. The fourth-order valence-corrected chi connectivity index (χ4v) is 2.21. The molecule has 0 unspecified atom stereocenters. The Morgan fingerprint density at radius 1 is 1.39 bits per heavy atom. The summed E-state index contributed by atoms with van der Waals surface area (Å²) in [5, 5.41) is 11.6. The van der Waals surface area contributed by atoms with Crippen molar-refractivity contribution in [3.8, 4) is 11.5 Å². The van der Waals surface area contributed by atoms with Gasteiger partial charge in [-0.15, -0.1) is 10.2 Å². The third kappa shape index (κ3) is 1.88. The molecule has 1 aliphatic heterocycles. The fraction of sp³-hybridized carbons (Fsp3) is 0.182. The molecule has 1 aliphatic rings. The van der Waals surface area contributed by atoms with Crippen molar-refractivity contribution in [1.82, 2.24) is 10.2 Å². The van der Waals surface area contributed by atoms with E-state index in [9.17, 15) is 4.79 Å². The smallest absolute Gasteiger partial charge is 0.261 e. The van der Waals surface area contributed by atoms with Gasteiger partial charge in [-0.05, 0) is 19.1 Å². The minimum atomic E-state index is -0.284. The van der Waals surface area contributed by atoms with E-state index in [0.717, 1.165) is 5.01 Å². The van der Waals surface area contributed by atoms with Crippen molar-refractivity contribution in [1.29, 1.82) is 0 Å². The van der Waals surface area contributed by atoms with E-state index >= 15 is 0 Å². The second-order valence-electron chi connectivity index (χ2n) is 3.62. The first kappa shape index (κ1) is 11.0. The first-order valence-corrected chi connectivity index (χ1v) is 6.06. The van der Waals surface area contributed by atoms with Gasteiger partial charge in [0.2, 0.25) is 11.9 Å². The molecule has 0 fully saturated rings. The summed E-state index contributed by atoms with van der Waals surface area (Å²) in [5.41, 5.74) is 0.429. The number of hydrogen-bond acceptors (Lipinski definition) is 6. The van der Waals surface area contributed by atoms with Gasteiger partial charge in [-0.2, -0.15) is 0 Å². The van der Waals surface area contributed by atoms with E-state index in [1.807, 2.05) is 6.92 Å². The van der Waals surface area contributed by atoms with Crippen molar-refractivity contribution in [2.24, 2.45) is 0 Å². The standard InChI is InChI=1S/C11H9N3O3S/c1-6-13-14-11(18-6)12-10(15)7-3-2-4-8-9(7)17-5-16-8/h2-4H,5H2,1H3,(H,12,14,15). The number of fused-ring (bicyclic) bond motifs is 1. The Morgan fingerprint density at radius 3 is 3.06 bits per heavy atom. The summed E-state index contributed by atoms with van der Waals surface area (Å²) in [4.78, 5) is 12.1. The van der Waals surface area contributed by atoms with Gasteiger partial charge in [-0.3, -0.25) is 10.1 Å². The molecule has 0 aliphatic carbocycles. The van der Waals surface area contributed by atoms with Crippen LogP contribution in [0.3, 0.4) is 0 Å². The van der Waals surface area contributed by atoms with Gasteiger partial charge in [-0.25, -0.2) is 0 Å². The molecule has 0 saturated carbocycles. The zero-order valence-corrected chi connectivity index (χ0v) is 10.3. The third-order valence-electron chi connectivity index (χ3n) is 2.39. The van der Waals surface area contributed by atoms with Crippen LogP contribution in [0.4, 0.5) is 5.13 Å². The van der Waals surface area contributed by atoms with E-state index in [2.05, 4.69) is 15.5 Å². The molecule has 18 heavy (non-hydrogen) atoms. The number of aryl methyl sites for hydroxylation is 1. The third-order valence-corrected chi connectivity index (χ3v) is 3.14. The van der Waals surface area contributed by atoms with Crippen LogP contribution in [0.15, 0.2) is 18.2 Å².